The van der Waals surface area contributed by atoms with E-state index in [1.165, 1.54) is 25.4 Å². The number of pyridine rings is 1. The molecule has 2 aromatic rings. The number of sulfonamides is 1. The van der Waals surface area contributed by atoms with Crippen molar-refractivity contribution in [3.8, 4) is 0 Å². The van der Waals surface area contributed by atoms with Crippen molar-refractivity contribution in [2.75, 3.05) is 10.5 Å². The van der Waals surface area contributed by atoms with E-state index in [0.717, 1.165) is 6.07 Å². The van der Waals surface area contributed by atoms with Crippen molar-refractivity contribution in [2.24, 2.45) is 0 Å². The van der Waals surface area contributed by atoms with E-state index in [4.69, 9.17) is 5.73 Å². The lowest BCUT2D eigenvalue weighted by Gasteiger charge is -2.10. The fourth-order valence-corrected chi connectivity index (χ4v) is 2.56. The van der Waals surface area contributed by atoms with Crippen molar-refractivity contribution < 1.29 is 12.8 Å². The van der Waals surface area contributed by atoms with Crippen molar-refractivity contribution in [3.63, 3.8) is 0 Å². The summed E-state index contributed by atoms with van der Waals surface area (Å²) in [5.41, 5.74) is 6.17. The van der Waals surface area contributed by atoms with Gasteiger partial charge in [-0.05, 0) is 31.2 Å². The highest BCUT2D eigenvalue weighted by molar-refractivity contribution is 7.92. The van der Waals surface area contributed by atoms with Crippen LogP contribution in [0.4, 0.5) is 15.8 Å². The van der Waals surface area contributed by atoms with Crippen LogP contribution in [-0.2, 0) is 10.0 Å². The minimum Gasteiger partial charge on any atom is -0.398 e. The molecule has 5 nitrogen and oxygen atoms in total. The van der Waals surface area contributed by atoms with Gasteiger partial charge in [-0.1, -0.05) is 0 Å². The van der Waals surface area contributed by atoms with Gasteiger partial charge in [-0.25, -0.2) is 12.8 Å². The SMILES string of the molecule is Cc1c(N)cc(S(=O)(=O)Nc2cccnc2)cc1F. The normalized spacial score (nSPS) is 11.3. The van der Waals surface area contributed by atoms with Gasteiger partial charge in [0.15, 0.2) is 0 Å². The summed E-state index contributed by atoms with van der Waals surface area (Å²) >= 11 is 0. The van der Waals surface area contributed by atoms with Crippen LogP contribution in [-0.4, -0.2) is 13.4 Å². The van der Waals surface area contributed by atoms with E-state index in [1.807, 2.05) is 0 Å². The molecule has 7 heteroatoms. The van der Waals surface area contributed by atoms with Crippen molar-refractivity contribution in [2.45, 2.75) is 11.8 Å². The molecule has 0 bridgehead atoms. The highest BCUT2D eigenvalue weighted by Crippen LogP contribution is 2.22. The van der Waals surface area contributed by atoms with Gasteiger partial charge >= 0.3 is 0 Å². The quantitative estimate of drug-likeness (QED) is 0.842. The Kier molecular flexibility index (Phi) is 3.39. The molecule has 1 aromatic carbocycles. The van der Waals surface area contributed by atoms with Gasteiger partial charge in [0.05, 0.1) is 16.8 Å². The molecule has 0 aliphatic heterocycles. The lowest BCUT2D eigenvalue weighted by atomic mass is 10.2. The Morgan fingerprint density at radius 3 is 2.68 bits per heavy atom. The average molecular weight is 281 g/mol. The number of rotatable bonds is 3. The maximum Gasteiger partial charge on any atom is 0.262 e. The number of nitrogens with zero attached hydrogens (tertiary/aromatic N) is 1. The Balaban J connectivity index is 2.40. The smallest absolute Gasteiger partial charge is 0.262 e. The second-order valence-corrected chi connectivity index (χ2v) is 5.65. The molecule has 100 valence electrons. The van der Waals surface area contributed by atoms with Gasteiger partial charge in [-0.15, -0.1) is 0 Å². The maximum atomic E-state index is 13.5. The van der Waals surface area contributed by atoms with Crippen LogP contribution >= 0.6 is 0 Å². The van der Waals surface area contributed by atoms with Crippen LogP contribution in [0.25, 0.3) is 0 Å². The molecule has 0 radical (unpaired) electrons. The molecule has 0 atom stereocenters. The van der Waals surface area contributed by atoms with Gasteiger partial charge in [-0.2, -0.15) is 0 Å². The third kappa shape index (κ3) is 2.82. The second kappa shape index (κ2) is 4.85. The van der Waals surface area contributed by atoms with Crippen LogP contribution in [0.1, 0.15) is 5.56 Å². The fraction of sp³-hybridized carbons (Fsp3) is 0.0833. The highest BCUT2D eigenvalue weighted by Gasteiger charge is 2.17. The molecule has 0 spiro atoms. The zero-order chi connectivity index (χ0) is 14.0. The summed E-state index contributed by atoms with van der Waals surface area (Å²) in [7, 11) is -3.89. The minimum absolute atomic E-state index is 0.0894. The zero-order valence-electron chi connectivity index (χ0n) is 10.1. The molecule has 0 saturated heterocycles. The Hall–Kier alpha value is -2.15. The van der Waals surface area contributed by atoms with Gasteiger partial charge in [0.2, 0.25) is 0 Å². The third-order valence-corrected chi connectivity index (χ3v) is 3.94. The topological polar surface area (TPSA) is 85.1 Å². The third-order valence-electron chi connectivity index (χ3n) is 2.58. The van der Waals surface area contributed by atoms with Gasteiger partial charge < -0.3 is 5.73 Å². The molecule has 0 unspecified atom stereocenters. The van der Waals surface area contributed by atoms with Crippen LogP contribution in [0.5, 0.6) is 0 Å². The summed E-state index contributed by atoms with van der Waals surface area (Å²) in [5, 5.41) is 0. The molecule has 1 aromatic heterocycles. The Labute approximate surface area is 110 Å². The van der Waals surface area contributed by atoms with Crippen LogP contribution < -0.4 is 10.5 Å². The maximum absolute atomic E-state index is 13.5. The number of benzene rings is 1. The first-order valence-electron chi connectivity index (χ1n) is 5.38. The second-order valence-electron chi connectivity index (χ2n) is 3.97. The lowest BCUT2D eigenvalue weighted by Crippen LogP contribution is -2.14. The Bertz CT molecular complexity index is 679. The van der Waals surface area contributed by atoms with Gasteiger partial charge in [0.1, 0.15) is 5.82 Å². The molecule has 1 heterocycles. The van der Waals surface area contributed by atoms with E-state index >= 15 is 0 Å². The number of anilines is 2. The number of hydrogen-bond acceptors (Lipinski definition) is 4. The molecule has 2 rings (SSSR count). The van der Waals surface area contributed by atoms with Crippen LogP contribution in [0, 0.1) is 12.7 Å². The number of nitrogens with one attached hydrogen (secondary N) is 1. The van der Waals surface area contributed by atoms with Crippen LogP contribution in [0.2, 0.25) is 0 Å². The summed E-state index contributed by atoms with van der Waals surface area (Å²) in [6, 6.07) is 5.28. The van der Waals surface area contributed by atoms with Crippen molar-refractivity contribution in [3.05, 3.63) is 48.0 Å². The fourth-order valence-electron chi connectivity index (χ4n) is 1.47. The van der Waals surface area contributed by atoms with E-state index in [2.05, 4.69) is 9.71 Å². The molecule has 19 heavy (non-hydrogen) atoms. The van der Waals surface area contributed by atoms with Crippen molar-refractivity contribution in [1.29, 1.82) is 0 Å². The van der Waals surface area contributed by atoms with E-state index in [9.17, 15) is 12.8 Å². The lowest BCUT2D eigenvalue weighted by molar-refractivity contribution is 0.593. The van der Waals surface area contributed by atoms with Gasteiger partial charge in [0, 0.05) is 17.4 Å². The number of hydrogen-bond donors (Lipinski definition) is 2. The molecular formula is C12H12FN3O2S. The number of halogens is 1. The highest BCUT2D eigenvalue weighted by atomic mass is 32.2. The molecule has 0 amide bonds. The summed E-state index contributed by atoms with van der Waals surface area (Å²) in [6.45, 7) is 1.48. The van der Waals surface area contributed by atoms with Crippen molar-refractivity contribution >= 4 is 21.4 Å². The molecule has 0 saturated carbocycles. The molecule has 0 aliphatic rings. The minimum atomic E-state index is -3.89. The first kappa shape index (κ1) is 13.3. The summed E-state index contributed by atoms with van der Waals surface area (Å²) in [5.74, 6) is -0.661. The molecule has 0 fully saturated rings. The van der Waals surface area contributed by atoms with E-state index < -0.39 is 15.8 Å². The van der Waals surface area contributed by atoms with Gasteiger partial charge in [-0.3, -0.25) is 9.71 Å². The molecule has 0 aliphatic carbocycles. The van der Waals surface area contributed by atoms with E-state index in [0.29, 0.717) is 5.69 Å². The van der Waals surface area contributed by atoms with E-state index in [1.54, 1.807) is 12.1 Å². The number of nitrogen functional groups attached to an aromatic ring is 1. The molecule has 3 N–H and O–H groups in total. The summed E-state index contributed by atoms with van der Waals surface area (Å²) in [6.07, 6.45) is 2.87. The average Bonchev–Trinajstić information content (AvgIpc) is 2.36. The predicted octanol–water partition coefficient (Wildman–Crippen LogP) is 1.91. The molecular weight excluding hydrogens is 269 g/mol. The Morgan fingerprint density at radius 1 is 1.37 bits per heavy atom. The van der Waals surface area contributed by atoms with Gasteiger partial charge in [0.25, 0.3) is 10.0 Å². The first-order valence-corrected chi connectivity index (χ1v) is 6.87. The standard InChI is InChI=1S/C12H12FN3O2S/c1-8-11(13)5-10(6-12(8)14)19(17,18)16-9-3-2-4-15-7-9/h2-7,16H,14H2,1H3. The predicted molar refractivity (Wildman–Crippen MR) is 70.6 cm³/mol. The Morgan fingerprint density at radius 2 is 2.11 bits per heavy atom. The zero-order valence-corrected chi connectivity index (χ0v) is 10.9. The van der Waals surface area contributed by atoms with Crippen molar-refractivity contribution in [1.82, 2.24) is 4.98 Å². The summed E-state index contributed by atoms with van der Waals surface area (Å²) < 4.78 is 39.9. The monoisotopic (exact) mass is 281 g/mol. The van der Waals surface area contributed by atoms with Crippen LogP contribution in [0.15, 0.2) is 41.6 Å². The van der Waals surface area contributed by atoms with E-state index in [-0.39, 0.29) is 16.1 Å². The number of nitrogens with two attached hydrogens (primary N) is 1. The largest absolute Gasteiger partial charge is 0.398 e. The first-order chi connectivity index (χ1) is 8.90. The summed E-state index contributed by atoms with van der Waals surface area (Å²) in [4.78, 5) is 3.56. The van der Waals surface area contributed by atoms with Crippen LogP contribution in [0.3, 0.4) is 0 Å². The number of aromatic nitrogens is 1.